The van der Waals surface area contributed by atoms with Crippen LogP contribution >= 0.6 is 0 Å². The van der Waals surface area contributed by atoms with Crippen molar-refractivity contribution in [2.24, 2.45) is 17.6 Å². The van der Waals surface area contributed by atoms with Crippen molar-refractivity contribution >= 4 is 23.4 Å². The molecule has 0 unspecified atom stereocenters. The van der Waals surface area contributed by atoms with Crippen LogP contribution in [0.4, 0.5) is 0 Å². The van der Waals surface area contributed by atoms with Crippen molar-refractivity contribution in [1.82, 2.24) is 10.2 Å². The minimum Gasteiger partial charge on any atom is -0.370 e. The lowest BCUT2D eigenvalue weighted by atomic mass is 9.93. The minimum atomic E-state index is -0.505. The molecule has 0 bridgehead atoms. The molecular weight excluding hydrogens is 332 g/mol. The van der Waals surface area contributed by atoms with Gasteiger partial charge in [-0.1, -0.05) is 20.4 Å². The van der Waals surface area contributed by atoms with E-state index >= 15 is 0 Å². The van der Waals surface area contributed by atoms with Crippen molar-refractivity contribution in [2.45, 2.75) is 40.5 Å². The van der Waals surface area contributed by atoms with Crippen LogP contribution in [0.15, 0.2) is 25.3 Å². The van der Waals surface area contributed by atoms with Crippen molar-refractivity contribution in [1.29, 1.82) is 5.41 Å². The maximum atomic E-state index is 11.9. The first-order chi connectivity index (χ1) is 11.9. The highest BCUT2D eigenvalue weighted by Crippen LogP contribution is 2.15. The van der Waals surface area contributed by atoms with Gasteiger partial charge in [0, 0.05) is 32.1 Å². The van der Waals surface area contributed by atoms with Gasteiger partial charge in [0.05, 0.1) is 6.54 Å². The van der Waals surface area contributed by atoms with Crippen LogP contribution in [0.1, 0.15) is 40.5 Å². The van der Waals surface area contributed by atoms with Gasteiger partial charge in [-0.2, -0.15) is 0 Å². The van der Waals surface area contributed by atoms with Gasteiger partial charge in [0.15, 0.2) is 0 Å². The quantitative estimate of drug-likeness (QED) is 0.450. The zero-order valence-electron chi connectivity index (χ0n) is 17.1. The molecule has 0 spiro atoms. The van der Waals surface area contributed by atoms with Gasteiger partial charge in [-0.3, -0.25) is 14.4 Å². The van der Waals surface area contributed by atoms with Gasteiger partial charge in [0.2, 0.25) is 17.7 Å². The Bertz CT molecular complexity index is 473. The topological polar surface area (TPSA) is 116 Å². The first kappa shape index (κ1) is 28.4. The van der Waals surface area contributed by atoms with Gasteiger partial charge in [-0.05, 0) is 31.8 Å². The lowest BCUT2D eigenvalue weighted by molar-refractivity contribution is -0.133. The third-order valence-electron chi connectivity index (χ3n) is 3.13. The summed E-state index contributed by atoms with van der Waals surface area (Å²) in [4.78, 5) is 35.5. The van der Waals surface area contributed by atoms with E-state index in [0.29, 0.717) is 12.1 Å². The summed E-state index contributed by atoms with van der Waals surface area (Å²) < 4.78 is 0. The fourth-order valence-electron chi connectivity index (χ4n) is 1.56. The number of amides is 3. The Labute approximate surface area is 158 Å². The number of carbonyl (C=O) groups is 3. The Morgan fingerprint density at radius 2 is 1.58 bits per heavy atom. The van der Waals surface area contributed by atoms with E-state index in [9.17, 15) is 14.4 Å². The van der Waals surface area contributed by atoms with Crippen molar-refractivity contribution in [3.8, 4) is 0 Å². The molecule has 0 fully saturated rings. The predicted molar refractivity (Wildman–Crippen MR) is 108 cm³/mol. The predicted octanol–water partition coefficient (Wildman–Crippen LogP) is 2.13. The zero-order chi connectivity index (χ0) is 21.4. The number of rotatable bonds is 8. The number of likely N-dealkylation sites (N-methyl/N-ethyl adjacent to an activating group) is 1. The van der Waals surface area contributed by atoms with Gasteiger partial charge in [0.25, 0.3) is 0 Å². The normalized spacial score (nSPS) is 10.3. The summed E-state index contributed by atoms with van der Waals surface area (Å²) in [5, 5.41) is 9.39. The molecule has 0 aliphatic rings. The van der Waals surface area contributed by atoms with Crippen LogP contribution in [0.5, 0.6) is 0 Å². The lowest BCUT2D eigenvalue weighted by Gasteiger charge is -2.18. The van der Waals surface area contributed by atoms with Crippen molar-refractivity contribution in [3.63, 3.8) is 0 Å². The molecule has 150 valence electrons. The van der Waals surface area contributed by atoms with Gasteiger partial charge < -0.3 is 21.4 Å². The van der Waals surface area contributed by atoms with E-state index in [1.807, 2.05) is 20.8 Å². The molecule has 0 rings (SSSR count). The van der Waals surface area contributed by atoms with Gasteiger partial charge in [-0.15, -0.1) is 13.2 Å². The van der Waals surface area contributed by atoms with E-state index in [0.717, 1.165) is 5.57 Å². The molecule has 0 aromatic heterocycles. The Hall–Kier alpha value is -2.44. The summed E-state index contributed by atoms with van der Waals surface area (Å²) in [5.74, 6) is -1.17. The van der Waals surface area contributed by atoms with Crippen molar-refractivity contribution in [3.05, 3.63) is 25.3 Å². The summed E-state index contributed by atoms with van der Waals surface area (Å²) in [6.45, 7) is 16.9. The van der Waals surface area contributed by atoms with Crippen molar-refractivity contribution in [2.75, 3.05) is 20.6 Å². The van der Waals surface area contributed by atoms with E-state index in [-0.39, 0.29) is 30.7 Å². The number of nitrogens with two attached hydrogens (primary N) is 1. The monoisotopic (exact) mass is 368 g/mol. The smallest absolute Gasteiger partial charge is 0.241 e. The zero-order valence-corrected chi connectivity index (χ0v) is 17.1. The number of nitrogens with one attached hydrogen (secondary N) is 2. The van der Waals surface area contributed by atoms with E-state index in [1.54, 1.807) is 21.0 Å². The Kier molecular flexibility index (Phi) is 17.5. The number of carbonyl (C=O) groups excluding carboxylic acids is 3. The van der Waals surface area contributed by atoms with Crippen LogP contribution in [0.25, 0.3) is 0 Å². The fraction of sp³-hybridized carbons (Fsp3) is 0.579. The van der Waals surface area contributed by atoms with Gasteiger partial charge >= 0.3 is 0 Å². The second-order valence-corrected chi connectivity index (χ2v) is 6.41. The van der Waals surface area contributed by atoms with Crippen molar-refractivity contribution < 1.29 is 14.4 Å². The lowest BCUT2D eigenvalue weighted by Crippen LogP contribution is -2.40. The molecular formula is C19H36N4O3. The molecule has 3 amide bonds. The highest BCUT2D eigenvalue weighted by Gasteiger charge is 2.22. The van der Waals surface area contributed by atoms with Gasteiger partial charge in [-0.25, -0.2) is 0 Å². The summed E-state index contributed by atoms with van der Waals surface area (Å²) in [6.07, 6.45) is 0.588. The number of allylic oxidation sites excluding steroid dienone is 1. The number of primary amides is 1. The highest BCUT2D eigenvalue weighted by atomic mass is 16.2. The molecule has 7 heteroatoms. The van der Waals surface area contributed by atoms with E-state index in [1.165, 1.54) is 4.90 Å². The number of hydrogen-bond acceptors (Lipinski definition) is 4. The molecule has 26 heavy (non-hydrogen) atoms. The molecule has 0 aromatic rings. The fourth-order valence-corrected chi connectivity index (χ4v) is 1.56. The van der Waals surface area contributed by atoms with Crippen LogP contribution in [0, 0.1) is 17.2 Å². The first-order valence-corrected chi connectivity index (χ1v) is 8.35. The van der Waals surface area contributed by atoms with E-state index in [4.69, 9.17) is 11.1 Å². The molecule has 0 aliphatic carbocycles. The molecule has 4 N–H and O–H groups in total. The average molecular weight is 369 g/mol. The van der Waals surface area contributed by atoms with Gasteiger partial charge in [0.1, 0.15) is 0 Å². The summed E-state index contributed by atoms with van der Waals surface area (Å²) in [7, 11) is 3.23. The average Bonchev–Trinajstić information content (AvgIpc) is 2.52. The minimum absolute atomic E-state index is 0.0141. The van der Waals surface area contributed by atoms with E-state index < -0.39 is 11.8 Å². The molecule has 0 heterocycles. The molecule has 0 aliphatic heterocycles. The van der Waals surface area contributed by atoms with Crippen LogP contribution in [0.2, 0.25) is 0 Å². The Morgan fingerprint density at radius 3 is 1.85 bits per heavy atom. The Morgan fingerprint density at radius 1 is 1.15 bits per heavy atom. The molecule has 0 aromatic carbocycles. The maximum absolute atomic E-state index is 11.9. The van der Waals surface area contributed by atoms with Crippen LogP contribution in [0.3, 0.4) is 0 Å². The first-order valence-electron chi connectivity index (χ1n) is 8.35. The molecule has 7 nitrogen and oxygen atoms in total. The van der Waals surface area contributed by atoms with Crippen LogP contribution < -0.4 is 11.1 Å². The second kappa shape index (κ2) is 16.1. The third-order valence-corrected chi connectivity index (χ3v) is 3.13. The molecule has 0 radical (unpaired) electrons. The highest BCUT2D eigenvalue weighted by molar-refractivity contribution is 5.94. The largest absolute Gasteiger partial charge is 0.370 e. The number of nitrogens with zero attached hydrogens (tertiary/aromatic N) is 1. The summed E-state index contributed by atoms with van der Waals surface area (Å²) in [5.41, 5.74) is 6.52. The standard InChI is InChI=1S/C12H23N3O3.C5H9N.C2H4/c1-8(2)5-9(6-10(13)16)12(18)14-7-11(17)15(3)4;1-4(2)5(3)6;1-2/h8-9H,5-7H2,1-4H3,(H2,13,16)(H,14,18);6H,1H2,2-3H3;1-2H2/t9-;;/m1../s1. The summed E-state index contributed by atoms with van der Waals surface area (Å²) in [6, 6.07) is 0. The van der Waals surface area contributed by atoms with Crippen LogP contribution in [-0.4, -0.2) is 49.0 Å². The Balaban J connectivity index is -0.000000556. The SMILES string of the molecule is C=C.C=C(C)C(C)=N.CC(C)C[C@H](CC(N)=O)C(=O)NCC(=O)N(C)C. The third kappa shape index (κ3) is 17.9. The number of hydrogen-bond donors (Lipinski definition) is 3. The molecule has 0 saturated heterocycles. The molecule has 0 saturated carbocycles. The second-order valence-electron chi connectivity index (χ2n) is 6.41. The van der Waals surface area contributed by atoms with Crippen LogP contribution in [-0.2, 0) is 14.4 Å². The van der Waals surface area contributed by atoms with E-state index in [2.05, 4.69) is 25.1 Å². The summed E-state index contributed by atoms with van der Waals surface area (Å²) >= 11 is 0. The maximum Gasteiger partial charge on any atom is 0.241 e. The molecule has 1 atom stereocenters.